The third-order valence-corrected chi connectivity index (χ3v) is 3.40. The Kier molecular flexibility index (Phi) is 6.53. The average molecular weight is 264 g/mol. The molecular formula is C15H24N2O2. The Balaban J connectivity index is 2.74. The Bertz CT molecular complexity index is 379. The highest BCUT2D eigenvalue weighted by molar-refractivity contribution is 5.77. The van der Waals surface area contributed by atoms with E-state index in [9.17, 15) is 4.79 Å². The standard InChI is InChI=1S/C15H24N2O2/c1-11(2)13(9-16)10-17-14(15(18)19-3)12-7-5-4-6-8-12/h4-8,11,13-14,17H,9-10,16H2,1-3H3. The maximum atomic E-state index is 11.9. The lowest BCUT2D eigenvalue weighted by molar-refractivity contribution is -0.143. The summed E-state index contributed by atoms with van der Waals surface area (Å²) in [6, 6.07) is 9.15. The third kappa shape index (κ3) is 4.65. The minimum absolute atomic E-state index is 0.272. The van der Waals surface area contributed by atoms with Crippen LogP contribution in [0.25, 0.3) is 0 Å². The van der Waals surface area contributed by atoms with Crippen LogP contribution in [-0.2, 0) is 9.53 Å². The second-order valence-corrected chi connectivity index (χ2v) is 5.01. The Morgan fingerprint density at radius 1 is 1.32 bits per heavy atom. The van der Waals surface area contributed by atoms with Gasteiger partial charge in [0.05, 0.1) is 7.11 Å². The van der Waals surface area contributed by atoms with Crippen molar-refractivity contribution in [3.05, 3.63) is 35.9 Å². The van der Waals surface area contributed by atoms with E-state index >= 15 is 0 Å². The van der Waals surface area contributed by atoms with Gasteiger partial charge in [0.1, 0.15) is 6.04 Å². The summed E-state index contributed by atoms with van der Waals surface area (Å²) < 4.78 is 4.86. The van der Waals surface area contributed by atoms with Crippen molar-refractivity contribution in [3.8, 4) is 0 Å². The molecule has 106 valence electrons. The molecule has 2 atom stereocenters. The van der Waals surface area contributed by atoms with Gasteiger partial charge in [-0.15, -0.1) is 0 Å². The highest BCUT2D eigenvalue weighted by Crippen LogP contribution is 2.16. The first-order valence-electron chi connectivity index (χ1n) is 6.66. The van der Waals surface area contributed by atoms with Crippen LogP contribution in [0.1, 0.15) is 25.5 Å². The maximum absolute atomic E-state index is 11.9. The fraction of sp³-hybridized carbons (Fsp3) is 0.533. The molecule has 0 heterocycles. The highest BCUT2D eigenvalue weighted by Gasteiger charge is 2.22. The van der Waals surface area contributed by atoms with Crippen LogP contribution < -0.4 is 11.1 Å². The summed E-state index contributed by atoms with van der Waals surface area (Å²) in [4.78, 5) is 11.9. The summed E-state index contributed by atoms with van der Waals surface area (Å²) in [7, 11) is 1.41. The van der Waals surface area contributed by atoms with E-state index in [0.717, 1.165) is 5.56 Å². The van der Waals surface area contributed by atoms with Crippen LogP contribution in [0.5, 0.6) is 0 Å². The van der Waals surface area contributed by atoms with Gasteiger partial charge in [-0.3, -0.25) is 0 Å². The zero-order valence-corrected chi connectivity index (χ0v) is 11.9. The molecule has 0 bridgehead atoms. The van der Waals surface area contributed by atoms with Crippen molar-refractivity contribution in [2.75, 3.05) is 20.2 Å². The van der Waals surface area contributed by atoms with Crippen molar-refractivity contribution < 1.29 is 9.53 Å². The van der Waals surface area contributed by atoms with Crippen LogP contribution in [0.15, 0.2) is 30.3 Å². The molecule has 0 aliphatic rings. The van der Waals surface area contributed by atoms with E-state index in [4.69, 9.17) is 10.5 Å². The lowest BCUT2D eigenvalue weighted by Gasteiger charge is -2.23. The quantitative estimate of drug-likeness (QED) is 0.736. The smallest absolute Gasteiger partial charge is 0.327 e. The number of hydrogen-bond acceptors (Lipinski definition) is 4. The monoisotopic (exact) mass is 264 g/mol. The van der Waals surface area contributed by atoms with Crippen LogP contribution in [-0.4, -0.2) is 26.2 Å². The van der Waals surface area contributed by atoms with Gasteiger partial charge in [0.25, 0.3) is 0 Å². The molecular weight excluding hydrogens is 240 g/mol. The highest BCUT2D eigenvalue weighted by atomic mass is 16.5. The predicted molar refractivity (Wildman–Crippen MR) is 76.6 cm³/mol. The Hall–Kier alpha value is -1.39. The van der Waals surface area contributed by atoms with Crippen LogP contribution in [0.4, 0.5) is 0 Å². The topological polar surface area (TPSA) is 64.3 Å². The largest absolute Gasteiger partial charge is 0.468 e. The first-order chi connectivity index (χ1) is 9.10. The van der Waals surface area contributed by atoms with Crippen molar-refractivity contribution >= 4 is 5.97 Å². The Morgan fingerprint density at radius 2 is 1.95 bits per heavy atom. The molecule has 0 aliphatic heterocycles. The first-order valence-corrected chi connectivity index (χ1v) is 6.66. The fourth-order valence-corrected chi connectivity index (χ4v) is 1.96. The zero-order chi connectivity index (χ0) is 14.3. The van der Waals surface area contributed by atoms with E-state index in [-0.39, 0.29) is 5.97 Å². The van der Waals surface area contributed by atoms with E-state index in [2.05, 4.69) is 19.2 Å². The van der Waals surface area contributed by atoms with Crippen molar-refractivity contribution in [1.29, 1.82) is 0 Å². The summed E-state index contributed by atoms with van der Waals surface area (Å²) in [5, 5.41) is 3.26. The van der Waals surface area contributed by atoms with Crippen molar-refractivity contribution in [2.45, 2.75) is 19.9 Å². The van der Waals surface area contributed by atoms with E-state index in [1.165, 1.54) is 7.11 Å². The van der Waals surface area contributed by atoms with Crippen molar-refractivity contribution in [1.82, 2.24) is 5.32 Å². The molecule has 4 heteroatoms. The number of carbonyl (C=O) groups excluding carboxylic acids is 1. The molecule has 0 saturated carbocycles. The molecule has 0 amide bonds. The van der Waals surface area contributed by atoms with E-state index in [0.29, 0.717) is 24.9 Å². The predicted octanol–water partition coefficient (Wildman–Crippen LogP) is 1.72. The van der Waals surface area contributed by atoms with Crippen LogP contribution in [0.3, 0.4) is 0 Å². The zero-order valence-electron chi connectivity index (χ0n) is 11.9. The number of ether oxygens (including phenoxy) is 1. The first kappa shape index (κ1) is 15.7. The number of methoxy groups -OCH3 is 1. The second kappa shape index (κ2) is 7.92. The number of hydrogen-bond donors (Lipinski definition) is 2. The molecule has 0 radical (unpaired) electrons. The molecule has 1 rings (SSSR count). The SMILES string of the molecule is COC(=O)C(NCC(CN)C(C)C)c1ccccc1. The second-order valence-electron chi connectivity index (χ2n) is 5.01. The molecule has 0 spiro atoms. The van der Waals surface area contributed by atoms with Crippen LogP contribution in [0, 0.1) is 11.8 Å². The van der Waals surface area contributed by atoms with Crippen molar-refractivity contribution in [3.63, 3.8) is 0 Å². The van der Waals surface area contributed by atoms with Gasteiger partial charge >= 0.3 is 5.97 Å². The van der Waals surface area contributed by atoms with E-state index < -0.39 is 6.04 Å². The molecule has 0 aromatic heterocycles. The fourth-order valence-electron chi connectivity index (χ4n) is 1.96. The summed E-state index contributed by atoms with van der Waals surface area (Å²) in [5.74, 6) is 0.549. The van der Waals surface area contributed by atoms with Gasteiger partial charge in [-0.2, -0.15) is 0 Å². The Morgan fingerprint density at radius 3 is 2.42 bits per heavy atom. The molecule has 2 unspecified atom stereocenters. The molecule has 0 aliphatic carbocycles. The minimum Gasteiger partial charge on any atom is -0.468 e. The minimum atomic E-state index is -0.431. The summed E-state index contributed by atoms with van der Waals surface area (Å²) in [6.45, 7) is 5.57. The molecule has 3 N–H and O–H groups in total. The number of carbonyl (C=O) groups is 1. The molecule has 19 heavy (non-hydrogen) atoms. The van der Waals surface area contributed by atoms with Gasteiger partial charge in [0.2, 0.25) is 0 Å². The number of esters is 1. The molecule has 4 nitrogen and oxygen atoms in total. The molecule has 0 saturated heterocycles. The summed E-state index contributed by atoms with van der Waals surface area (Å²) >= 11 is 0. The lowest BCUT2D eigenvalue weighted by atomic mass is 9.95. The van der Waals surface area contributed by atoms with Gasteiger partial charge in [-0.25, -0.2) is 4.79 Å². The van der Waals surface area contributed by atoms with E-state index in [1.54, 1.807) is 0 Å². The normalized spacial score (nSPS) is 14.2. The Labute approximate surface area is 115 Å². The number of benzene rings is 1. The lowest BCUT2D eigenvalue weighted by Crippen LogP contribution is -2.37. The molecule has 0 fully saturated rings. The van der Waals surface area contributed by atoms with Gasteiger partial charge in [-0.05, 0) is 23.9 Å². The number of rotatable bonds is 7. The summed E-state index contributed by atoms with van der Waals surface area (Å²) in [6.07, 6.45) is 0. The number of nitrogens with two attached hydrogens (primary N) is 1. The van der Waals surface area contributed by atoms with Crippen LogP contribution >= 0.6 is 0 Å². The van der Waals surface area contributed by atoms with Gasteiger partial charge in [0.15, 0.2) is 0 Å². The summed E-state index contributed by atoms with van der Waals surface area (Å²) in [5.41, 5.74) is 6.66. The average Bonchev–Trinajstić information content (AvgIpc) is 2.43. The number of nitrogens with one attached hydrogen (secondary N) is 1. The molecule has 1 aromatic rings. The van der Waals surface area contributed by atoms with Crippen molar-refractivity contribution in [2.24, 2.45) is 17.6 Å². The third-order valence-electron chi connectivity index (χ3n) is 3.40. The van der Waals surface area contributed by atoms with Gasteiger partial charge in [-0.1, -0.05) is 44.2 Å². The maximum Gasteiger partial charge on any atom is 0.327 e. The van der Waals surface area contributed by atoms with Crippen LogP contribution in [0.2, 0.25) is 0 Å². The van der Waals surface area contributed by atoms with Gasteiger partial charge in [0, 0.05) is 6.54 Å². The van der Waals surface area contributed by atoms with E-state index in [1.807, 2.05) is 30.3 Å². The molecule has 1 aromatic carbocycles. The van der Waals surface area contributed by atoms with Gasteiger partial charge < -0.3 is 15.8 Å².